The Kier molecular flexibility index (Phi) is 0.876. The van der Waals surface area contributed by atoms with E-state index in [2.05, 4.69) is 0 Å². The molecule has 3 atom stereocenters. The lowest BCUT2D eigenvalue weighted by Gasteiger charge is -2.42. The lowest BCUT2D eigenvalue weighted by molar-refractivity contribution is -0.147. The molecular weight excluding hydrogens is 144 g/mol. The standard InChI is InChI=1S/C8H10O3/c9-7-6-3-5-1-2-11-8(5,6)4-10-7/h5-6H,1-4H2/t5-,6+,8-/m1/s1. The van der Waals surface area contributed by atoms with Crippen molar-refractivity contribution in [1.82, 2.24) is 0 Å². The predicted molar refractivity (Wildman–Crippen MR) is 35.9 cm³/mol. The van der Waals surface area contributed by atoms with Crippen molar-refractivity contribution >= 4 is 5.97 Å². The van der Waals surface area contributed by atoms with Gasteiger partial charge in [0.2, 0.25) is 0 Å². The van der Waals surface area contributed by atoms with Gasteiger partial charge < -0.3 is 9.47 Å². The molecule has 0 bridgehead atoms. The highest BCUT2D eigenvalue weighted by atomic mass is 16.6. The molecule has 3 rings (SSSR count). The highest BCUT2D eigenvalue weighted by Gasteiger charge is 2.66. The van der Waals surface area contributed by atoms with Gasteiger partial charge in [-0.2, -0.15) is 0 Å². The van der Waals surface area contributed by atoms with E-state index in [-0.39, 0.29) is 17.5 Å². The molecule has 3 aliphatic rings. The number of rotatable bonds is 0. The highest BCUT2D eigenvalue weighted by molar-refractivity contribution is 5.78. The van der Waals surface area contributed by atoms with Crippen molar-refractivity contribution < 1.29 is 14.3 Å². The molecule has 0 aromatic rings. The first-order chi connectivity index (χ1) is 5.33. The van der Waals surface area contributed by atoms with Gasteiger partial charge in [0, 0.05) is 6.61 Å². The van der Waals surface area contributed by atoms with Gasteiger partial charge >= 0.3 is 5.97 Å². The minimum absolute atomic E-state index is 0.0387. The quantitative estimate of drug-likeness (QED) is 0.472. The van der Waals surface area contributed by atoms with Gasteiger partial charge in [-0.15, -0.1) is 0 Å². The van der Waals surface area contributed by atoms with E-state index in [1.54, 1.807) is 0 Å². The first-order valence-electron chi connectivity index (χ1n) is 4.13. The number of carbonyl (C=O) groups excluding carboxylic acids is 1. The maximum absolute atomic E-state index is 11.1. The number of esters is 1. The van der Waals surface area contributed by atoms with Gasteiger partial charge in [-0.05, 0) is 18.8 Å². The van der Waals surface area contributed by atoms with Crippen LogP contribution in [0.2, 0.25) is 0 Å². The van der Waals surface area contributed by atoms with Gasteiger partial charge in [0.05, 0.1) is 5.92 Å². The second kappa shape index (κ2) is 1.61. The van der Waals surface area contributed by atoms with E-state index in [1.165, 1.54) is 0 Å². The lowest BCUT2D eigenvalue weighted by Crippen LogP contribution is -2.53. The first-order valence-corrected chi connectivity index (χ1v) is 4.13. The number of hydrogen-bond acceptors (Lipinski definition) is 3. The van der Waals surface area contributed by atoms with Gasteiger partial charge in [-0.3, -0.25) is 4.79 Å². The van der Waals surface area contributed by atoms with E-state index >= 15 is 0 Å². The largest absolute Gasteiger partial charge is 0.462 e. The molecule has 3 fully saturated rings. The van der Waals surface area contributed by atoms with Crippen LogP contribution in [0.3, 0.4) is 0 Å². The van der Waals surface area contributed by atoms with Gasteiger partial charge in [-0.25, -0.2) is 0 Å². The number of cyclic esters (lactones) is 1. The minimum atomic E-state index is -0.156. The minimum Gasteiger partial charge on any atom is -0.462 e. The molecule has 1 spiro atoms. The molecular formula is C8H10O3. The van der Waals surface area contributed by atoms with Crippen LogP contribution in [0.5, 0.6) is 0 Å². The molecule has 2 aliphatic heterocycles. The molecule has 1 aliphatic carbocycles. The van der Waals surface area contributed by atoms with Crippen molar-refractivity contribution in [2.24, 2.45) is 11.8 Å². The average molecular weight is 154 g/mol. The summed E-state index contributed by atoms with van der Waals surface area (Å²) in [7, 11) is 0. The fourth-order valence-electron chi connectivity index (χ4n) is 2.62. The van der Waals surface area contributed by atoms with Crippen LogP contribution in [0.15, 0.2) is 0 Å². The van der Waals surface area contributed by atoms with E-state index in [1.807, 2.05) is 0 Å². The Labute approximate surface area is 64.7 Å². The molecule has 0 N–H and O–H groups in total. The zero-order valence-electron chi connectivity index (χ0n) is 6.21. The van der Waals surface area contributed by atoms with Crippen LogP contribution in [-0.4, -0.2) is 24.8 Å². The summed E-state index contributed by atoms with van der Waals surface area (Å²) < 4.78 is 10.6. The van der Waals surface area contributed by atoms with E-state index < -0.39 is 0 Å². The molecule has 0 amide bonds. The molecule has 2 heterocycles. The topological polar surface area (TPSA) is 35.5 Å². The number of hydrogen-bond donors (Lipinski definition) is 0. The summed E-state index contributed by atoms with van der Waals surface area (Å²) in [6.07, 6.45) is 2.12. The van der Waals surface area contributed by atoms with Crippen LogP contribution in [-0.2, 0) is 14.3 Å². The predicted octanol–water partition coefficient (Wildman–Crippen LogP) is 0.338. The third-order valence-corrected chi connectivity index (χ3v) is 3.36. The molecule has 1 saturated carbocycles. The van der Waals surface area contributed by atoms with E-state index in [4.69, 9.17) is 9.47 Å². The van der Waals surface area contributed by atoms with Crippen molar-refractivity contribution in [1.29, 1.82) is 0 Å². The Bertz CT molecular complexity index is 225. The maximum atomic E-state index is 11.1. The molecule has 0 aromatic heterocycles. The molecule has 3 heteroatoms. The molecule has 3 nitrogen and oxygen atoms in total. The van der Waals surface area contributed by atoms with Gasteiger partial charge in [0.1, 0.15) is 12.2 Å². The second-order valence-corrected chi connectivity index (χ2v) is 3.69. The van der Waals surface area contributed by atoms with Crippen molar-refractivity contribution in [3.8, 4) is 0 Å². The number of ether oxygens (including phenoxy) is 2. The van der Waals surface area contributed by atoms with E-state index in [0.29, 0.717) is 12.5 Å². The van der Waals surface area contributed by atoms with Crippen molar-refractivity contribution in [2.75, 3.05) is 13.2 Å². The summed E-state index contributed by atoms with van der Waals surface area (Å²) in [6.45, 7) is 1.33. The summed E-state index contributed by atoms with van der Waals surface area (Å²) in [5.41, 5.74) is -0.156. The SMILES string of the molecule is O=C1OC[C@@]23OCC[C@@H]2C[C@@H]13. The van der Waals surface area contributed by atoms with Gasteiger partial charge in [0.15, 0.2) is 0 Å². The normalized spacial score (nSPS) is 52.9. The summed E-state index contributed by atoms with van der Waals surface area (Å²) in [5, 5.41) is 0. The zero-order chi connectivity index (χ0) is 7.47. The average Bonchev–Trinajstić information content (AvgIpc) is 2.39. The molecule has 2 saturated heterocycles. The molecule has 0 unspecified atom stereocenters. The van der Waals surface area contributed by atoms with Crippen LogP contribution in [0.4, 0.5) is 0 Å². The van der Waals surface area contributed by atoms with E-state index in [9.17, 15) is 4.79 Å². The Morgan fingerprint density at radius 2 is 2.45 bits per heavy atom. The fourth-order valence-corrected chi connectivity index (χ4v) is 2.62. The summed E-state index contributed by atoms with van der Waals surface area (Å²) in [5.74, 6) is 0.650. The first kappa shape index (κ1) is 6.00. The lowest BCUT2D eigenvalue weighted by atomic mass is 9.63. The van der Waals surface area contributed by atoms with Crippen LogP contribution in [0.25, 0.3) is 0 Å². The molecule has 0 aromatic carbocycles. The summed E-state index contributed by atoms with van der Waals surface area (Å²) in [6, 6.07) is 0. The highest BCUT2D eigenvalue weighted by Crippen LogP contribution is 2.56. The van der Waals surface area contributed by atoms with Crippen LogP contribution >= 0.6 is 0 Å². The summed E-state index contributed by atoms with van der Waals surface area (Å²) >= 11 is 0. The molecule has 60 valence electrons. The molecule has 0 radical (unpaired) electrons. The Hall–Kier alpha value is -0.570. The van der Waals surface area contributed by atoms with Crippen LogP contribution in [0, 0.1) is 11.8 Å². The van der Waals surface area contributed by atoms with Crippen molar-refractivity contribution in [3.63, 3.8) is 0 Å². The van der Waals surface area contributed by atoms with E-state index in [0.717, 1.165) is 19.4 Å². The Morgan fingerprint density at radius 1 is 1.55 bits per heavy atom. The third-order valence-electron chi connectivity index (χ3n) is 3.36. The number of carbonyl (C=O) groups is 1. The van der Waals surface area contributed by atoms with Crippen molar-refractivity contribution in [3.05, 3.63) is 0 Å². The van der Waals surface area contributed by atoms with Gasteiger partial charge in [-0.1, -0.05) is 0 Å². The van der Waals surface area contributed by atoms with Crippen LogP contribution in [0.1, 0.15) is 12.8 Å². The Balaban J connectivity index is 1.98. The smallest absolute Gasteiger partial charge is 0.312 e. The Morgan fingerprint density at radius 3 is 3.18 bits per heavy atom. The van der Waals surface area contributed by atoms with Crippen LogP contribution < -0.4 is 0 Å². The fraction of sp³-hybridized carbons (Fsp3) is 0.875. The second-order valence-electron chi connectivity index (χ2n) is 3.69. The third kappa shape index (κ3) is 0.495. The molecule has 11 heavy (non-hydrogen) atoms. The summed E-state index contributed by atoms with van der Waals surface area (Å²) in [4.78, 5) is 11.1. The van der Waals surface area contributed by atoms with Gasteiger partial charge in [0.25, 0.3) is 0 Å². The zero-order valence-corrected chi connectivity index (χ0v) is 6.21. The van der Waals surface area contributed by atoms with Crippen molar-refractivity contribution in [2.45, 2.75) is 18.4 Å². The monoisotopic (exact) mass is 154 g/mol. The maximum Gasteiger partial charge on any atom is 0.312 e.